The Hall–Kier alpha value is -2.35. The van der Waals surface area contributed by atoms with Crippen molar-refractivity contribution in [1.29, 1.82) is 0 Å². The number of alkyl halides is 3. The normalized spacial score (nSPS) is 11.0. The van der Waals surface area contributed by atoms with Gasteiger partial charge in [0.2, 0.25) is 0 Å². The van der Waals surface area contributed by atoms with Gasteiger partial charge in [0, 0.05) is 11.3 Å². The maximum absolute atomic E-state index is 12.0. The van der Waals surface area contributed by atoms with Crippen LogP contribution in [-0.4, -0.2) is 24.5 Å². The summed E-state index contributed by atoms with van der Waals surface area (Å²) in [5, 5.41) is 6.17. The Morgan fingerprint density at radius 2 is 1.73 bits per heavy atom. The third-order valence-corrected chi connectivity index (χ3v) is 3.47. The lowest BCUT2D eigenvalue weighted by atomic mass is 10.2. The van der Waals surface area contributed by atoms with E-state index >= 15 is 0 Å². The maximum Gasteiger partial charge on any atom is 0.405 e. The molecule has 8 heteroatoms. The van der Waals surface area contributed by atoms with Crippen LogP contribution in [0.4, 0.5) is 18.9 Å². The molecule has 2 aromatic rings. The lowest BCUT2D eigenvalue weighted by molar-refractivity contribution is -0.123. The summed E-state index contributed by atoms with van der Waals surface area (Å²) >= 11 is 1.28. The van der Waals surface area contributed by atoms with Gasteiger partial charge in [-0.25, -0.2) is 0 Å². The smallest absolute Gasteiger partial charge is 0.343 e. The van der Waals surface area contributed by atoms with Crippen molar-refractivity contribution in [1.82, 2.24) is 5.32 Å². The van der Waals surface area contributed by atoms with Crippen LogP contribution >= 0.6 is 11.3 Å². The van der Waals surface area contributed by atoms with E-state index in [1.165, 1.54) is 35.6 Å². The van der Waals surface area contributed by atoms with E-state index in [1.807, 2.05) is 0 Å². The van der Waals surface area contributed by atoms with E-state index in [9.17, 15) is 22.8 Å². The van der Waals surface area contributed by atoms with Gasteiger partial charge in [-0.05, 0) is 35.7 Å². The van der Waals surface area contributed by atoms with E-state index in [2.05, 4.69) is 5.32 Å². The predicted octanol–water partition coefficient (Wildman–Crippen LogP) is 3.29. The monoisotopic (exact) mass is 328 g/mol. The molecule has 0 aliphatic rings. The SMILES string of the molecule is O=C(NCC(F)(F)F)c1ccc(NC(=O)c2cccs2)cc1. The number of benzene rings is 1. The molecule has 0 saturated carbocycles. The molecule has 4 nitrogen and oxygen atoms in total. The minimum Gasteiger partial charge on any atom is -0.343 e. The molecule has 2 rings (SSSR count). The molecular formula is C14H11F3N2O2S. The summed E-state index contributed by atoms with van der Waals surface area (Å²) in [5.74, 6) is -1.11. The molecule has 0 radical (unpaired) electrons. The van der Waals surface area contributed by atoms with Gasteiger partial charge in [-0.1, -0.05) is 6.07 Å². The zero-order valence-electron chi connectivity index (χ0n) is 11.1. The van der Waals surface area contributed by atoms with Gasteiger partial charge in [0.15, 0.2) is 0 Å². The summed E-state index contributed by atoms with van der Waals surface area (Å²) in [5.41, 5.74) is 0.532. The Morgan fingerprint density at radius 3 is 2.27 bits per heavy atom. The summed E-state index contributed by atoms with van der Waals surface area (Å²) in [6.07, 6.45) is -4.45. The van der Waals surface area contributed by atoms with Gasteiger partial charge in [-0.3, -0.25) is 9.59 Å². The number of carbonyl (C=O) groups is 2. The molecule has 1 aromatic heterocycles. The number of rotatable bonds is 4. The van der Waals surface area contributed by atoms with Crippen molar-refractivity contribution in [2.75, 3.05) is 11.9 Å². The standard InChI is InChI=1S/C14H11F3N2O2S/c15-14(16,17)8-18-12(20)9-3-5-10(6-4-9)19-13(21)11-2-1-7-22-11/h1-7H,8H2,(H,18,20)(H,19,21). The average Bonchev–Trinajstić information content (AvgIpc) is 2.99. The van der Waals surface area contributed by atoms with Gasteiger partial charge < -0.3 is 10.6 Å². The first-order chi connectivity index (χ1) is 10.3. The van der Waals surface area contributed by atoms with Gasteiger partial charge in [0.05, 0.1) is 4.88 Å². The van der Waals surface area contributed by atoms with E-state index in [1.54, 1.807) is 22.8 Å². The van der Waals surface area contributed by atoms with Crippen LogP contribution in [0.15, 0.2) is 41.8 Å². The molecule has 0 spiro atoms. The van der Waals surface area contributed by atoms with E-state index in [0.717, 1.165) is 0 Å². The first-order valence-corrected chi connectivity index (χ1v) is 7.03. The number of thiophene rings is 1. The number of hydrogen-bond acceptors (Lipinski definition) is 3. The van der Waals surface area contributed by atoms with Crippen LogP contribution in [0.5, 0.6) is 0 Å². The van der Waals surface area contributed by atoms with Gasteiger partial charge in [0.25, 0.3) is 11.8 Å². The number of hydrogen-bond donors (Lipinski definition) is 2. The summed E-state index contributed by atoms with van der Waals surface area (Å²) in [7, 11) is 0. The molecule has 0 aliphatic heterocycles. The van der Waals surface area contributed by atoms with Crippen molar-refractivity contribution in [3.63, 3.8) is 0 Å². The van der Waals surface area contributed by atoms with Crippen LogP contribution in [0.2, 0.25) is 0 Å². The molecule has 0 saturated heterocycles. The highest BCUT2D eigenvalue weighted by molar-refractivity contribution is 7.12. The van der Waals surface area contributed by atoms with E-state index in [-0.39, 0.29) is 11.5 Å². The number of anilines is 1. The molecule has 2 amide bonds. The number of amides is 2. The highest BCUT2D eigenvalue weighted by atomic mass is 32.1. The zero-order chi connectivity index (χ0) is 16.2. The zero-order valence-corrected chi connectivity index (χ0v) is 11.9. The summed E-state index contributed by atoms with van der Waals surface area (Å²) < 4.78 is 36.0. The summed E-state index contributed by atoms with van der Waals surface area (Å²) in [4.78, 5) is 23.9. The second kappa shape index (κ2) is 6.61. The average molecular weight is 328 g/mol. The Bertz CT molecular complexity index is 652. The highest BCUT2D eigenvalue weighted by Crippen LogP contribution is 2.15. The Kier molecular flexibility index (Phi) is 4.81. The van der Waals surface area contributed by atoms with Crippen LogP contribution in [0.25, 0.3) is 0 Å². The first-order valence-electron chi connectivity index (χ1n) is 6.15. The third kappa shape index (κ3) is 4.59. The molecular weight excluding hydrogens is 317 g/mol. The topological polar surface area (TPSA) is 58.2 Å². The van der Waals surface area contributed by atoms with E-state index in [4.69, 9.17) is 0 Å². The molecule has 0 atom stereocenters. The largest absolute Gasteiger partial charge is 0.405 e. The fourth-order valence-electron chi connectivity index (χ4n) is 1.59. The highest BCUT2D eigenvalue weighted by Gasteiger charge is 2.27. The minimum absolute atomic E-state index is 0.0818. The van der Waals surface area contributed by atoms with Crippen molar-refractivity contribution in [3.05, 3.63) is 52.2 Å². The van der Waals surface area contributed by atoms with Crippen LogP contribution in [0, 0.1) is 0 Å². The Labute approximate surface area is 128 Å². The first kappa shape index (κ1) is 16.0. The molecule has 0 fully saturated rings. The van der Waals surface area contributed by atoms with Crippen LogP contribution < -0.4 is 10.6 Å². The molecule has 1 aromatic carbocycles. The summed E-state index contributed by atoms with van der Waals surface area (Å²) in [6.45, 7) is -1.39. The lowest BCUT2D eigenvalue weighted by Gasteiger charge is -2.09. The molecule has 0 unspecified atom stereocenters. The maximum atomic E-state index is 12.0. The second-order valence-corrected chi connectivity index (χ2v) is 5.25. The molecule has 22 heavy (non-hydrogen) atoms. The Balaban J connectivity index is 1.95. The summed E-state index contributed by atoms with van der Waals surface area (Å²) in [6, 6.07) is 9.00. The van der Waals surface area contributed by atoms with E-state index in [0.29, 0.717) is 10.6 Å². The Morgan fingerprint density at radius 1 is 1.05 bits per heavy atom. The van der Waals surface area contributed by atoms with Crippen LogP contribution in [0.1, 0.15) is 20.0 Å². The van der Waals surface area contributed by atoms with Crippen molar-refractivity contribution in [2.24, 2.45) is 0 Å². The number of nitrogens with one attached hydrogen (secondary N) is 2. The third-order valence-electron chi connectivity index (χ3n) is 2.60. The lowest BCUT2D eigenvalue weighted by Crippen LogP contribution is -2.33. The fraction of sp³-hybridized carbons (Fsp3) is 0.143. The van der Waals surface area contributed by atoms with Crippen molar-refractivity contribution >= 4 is 28.8 Å². The van der Waals surface area contributed by atoms with Crippen molar-refractivity contribution < 1.29 is 22.8 Å². The number of halogens is 3. The minimum atomic E-state index is -4.45. The van der Waals surface area contributed by atoms with Gasteiger partial charge in [-0.15, -0.1) is 11.3 Å². The van der Waals surface area contributed by atoms with Crippen molar-refractivity contribution in [2.45, 2.75) is 6.18 Å². The quantitative estimate of drug-likeness (QED) is 0.905. The van der Waals surface area contributed by atoms with E-state index < -0.39 is 18.6 Å². The molecule has 0 aliphatic carbocycles. The van der Waals surface area contributed by atoms with Crippen LogP contribution in [0.3, 0.4) is 0 Å². The number of carbonyl (C=O) groups excluding carboxylic acids is 2. The molecule has 0 bridgehead atoms. The van der Waals surface area contributed by atoms with Crippen molar-refractivity contribution in [3.8, 4) is 0 Å². The fourth-order valence-corrected chi connectivity index (χ4v) is 2.21. The van der Waals surface area contributed by atoms with Gasteiger partial charge in [0.1, 0.15) is 6.54 Å². The molecule has 1 heterocycles. The molecule has 116 valence electrons. The predicted molar refractivity (Wildman–Crippen MR) is 77.1 cm³/mol. The second-order valence-electron chi connectivity index (χ2n) is 4.31. The van der Waals surface area contributed by atoms with Gasteiger partial charge >= 0.3 is 6.18 Å². The molecule has 2 N–H and O–H groups in total. The van der Waals surface area contributed by atoms with Gasteiger partial charge in [-0.2, -0.15) is 13.2 Å². The van der Waals surface area contributed by atoms with Crippen LogP contribution in [-0.2, 0) is 0 Å².